The molecule has 0 aromatic heterocycles. The molecule has 2 aliphatic heterocycles. The quantitative estimate of drug-likeness (QED) is 0.779. The second-order valence-corrected chi connectivity index (χ2v) is 8.22. The first-order valence-corrected chi connectivity index (χ1v) is 11.1. The fourth-order valence-electron chi connectivity index (χ4n) is 4.23. The second-order valence-electron chi connectivity index (χ2n) is 8.22. The monoisotopic (exact) mass is 421 g/mol. The number of benzene rings is 2. The molecule has 0 unspecified atom stereocenters. The summed E-state index contributed by atoms with van der Waals surface area (Å²) in [4.78, 5) is 31.3. The molecule has 7 nitrogen and oxygen atoms in total. The molecule has 2 aliphatic rings. The van der Waals surface area contributed by atoms with E-state index in [9.17, 15) is 9.59 Å². The number of para-hydroxylation sites is 2. The lowest BCUT2D eigenvalue weighted by molar-refractivity contribution is -0.117. The molecule has 0 atom stereocenters. The van der Waals surface area contributed by atoms with E-state index >= 15 is 0 Å². The van der Waals surface area contributed by atoms with Gasteiger partial charge in [-0.15, -0.1) is 0 Å². The first kappa shape index (κ1) is 21.2. The van der Waals surface area contributed by atoms with E-state index in [0.717, 1.165) is 57.8 Å². The van der Waals surface area contributed by atoms with Crippen molar-refractivity contribution in [2.75, 3.05) is 56.0 Å². The van der Waals surface area contributed by atoms with Gasteiger partial charge in [0, 0.05) is 56.7 Å². The van der Waals surface area contributed by atoms with Crippen molar-refractivity contribution in [1.82, 2.24) is 15.1 Å². The average molecular weight is 422 g/mol. The van der Waals surface area contributed by atoms with Crippen LogP contribution in [0, 0.1) is 0 Å². The Morgan fingerprint density at radius 1 is 0.806 bits per heavy atom. The van der Waals surface area contributed by atoms with Crippen molar-refractivity contribution in [1.29, 1.82) is 0 Å². The van der Waals surface area contributed by atoms with Crippen LogP contribution >= 0.6 is 0 Å². The maximum absolute atomic E-state index is 12.7. The van der Waals surface area contributed by atoms with Gasteiger partial charge in [-0.25, -0.2) is 4.79 Å². The Hall–Kier alpha value is -3.06. The Balaban J connectivity index is 1.15. The molecule has 2 N–H and O–H groups in total. The lowest BCUT2D eigenvalue weighted by atomic mass is 10.1. The van der Waals surface area contributed by atoms with Gasteiger partial charge in [-0.3, -0.25) is 9.69 Å². The van der Waals surface area contributed by atoms with Crippen LogP contribution in [-0.2, 0) is 4.79 Å². The first-order valence-electron chi connectivity index (χ1n) is 11.1. The van der Waals surface area contributed by atoms with Crippen LogP contribution in [0.5, 0.6) is 0 Å². The zero-order chi connectivity index (χ0) is 21.5. The molecule has 0 saturated carbocycles. The molecule has 2 aromatic rings. The van der Waals surface area contributed by atoms with Crippen LogP contribution < -0.4 is 15.5 Å². The van der Waals surface area contributed by atoms with Crippen molar-refractivity contribution in [2.24, 2.45) is 0 Å². The van der Waals surface area contributed by atoms with Gasteiger partial charge < -0.3 is 20.4 Å². The van der Waals surface area contributed by atoms with Crippen LogP contribution in [0.4, 0.5) is 16.2 Å². The summed E-state index contributed by atoms with van der Waals surface area (Å²) in [6, 6.07) is 20.1. The summed E-state index contributed by atoms with van der Waals surface area (Å²) in [7, 11) is 0. The number of nitrogens with zero attached hydrogens (tertiary/aromatic N) is 3. The highest BCUT2D eigenvalue weighted by molar-refractivity contribution is 5.92. The number of amides is 3. The minimum absolute atomic E-state index is 0.00460. The topological polar surface area (TPSA) is 67.9 Å². The molecular formula is C24H31N5O2. The first-order chi connectivity index (χ1) is 15.2. The lowest BCUT2D eigenvalue weighted by Crippen LogP contribution is -2.55. The van der Waals surface area contributed by atoms with Crippen molar-refractivity contribution >= 4 is 23.3 Å². The van der Waals surface area contributed by atoms with E-state index in [1.165, 1.54) is 5.69 Å². The molecule has 0 aliphatic carbocycles. The molecule has 4 rings (SSSR count). The van der Waals surface area contributed by atoms with E-state index in [4.69, 9.17) is 0 Å². The Labute approximate surface area is 184 Å². The highest BCUT2D eigenvalue weighted by Gasteiger charge is 2.26. The minimum atomic E-state index is 0.00460. The molecule has 7 heteroatoms. The third-order valence-corrected chi connectivity index (χ3v) is 6.03. The molecule has 164 valence electrons. The van der Waals surface area contributed by atoms with Gasteiger partial charge in [0.05, 0.1) is 6.54 Å². The van der Waals surface area contributed by atoms with Crippen molar-refractivity contribution in [2.45, 2.75) is 18.9 Å². The molecule has 2 aromatic carbocycles. The van der Waals surface area contributed by atoms with Crippen LogP contribution in [0.2, 0.25) is 0 Å². The highest BCUT2D eigenvalue weighted by Crippen LogP contribution is 2.16. The maximum atomic E-state index is 12.7. The summed E-state index contributed by atoms with van der Waals surface area (Å²) in [6.07, 6.45) is 1.74. The second kappa shape index (κ2) is 10.3. The fourth-order valence-corrected chi connectivity index (χ4v) is 4.23. The van der Waals surface area contributed by atoms with E-state index in [-0.39, 0.29) is 18.0 Å². The number of urea groups is 1. The van der Waals surface area contributed by atoms with Gasteiger partial charge in [-0.1, -0.05) is 36.4 Å². The summed E-state index contributed by atoms with van der Waals surface area (Å²) in [5.41, 5.74) is 2.04. The van der Waals surface area contributed by atoms with Crippen molar-refractivity contribution in [3.05, 3.63) is 60.7 Å². The summed E-state index contributed by atoms with van der Waals surface area (Å²) in [6.45, 7) is 5.19. The predicted octanol–water partition coefficient (Wildman–Crippen LogP) is 2.62. The number of carbonyl (C=O) groups excluding carboxylic acids is 2. The number of hydrogen-bond acceptors (Lipinski definition) is 4. The molecule has 0 radical (unpaired) electrons. The van der Waals surface area contributed by atoms with Crippen LogP contribution in [0.3, 0.4) is 0 Å². The summed E-state index contributed by atoms with van der Waals surface area (Å²) < 4.78 is 0. The number of rotatable bonds is 5. The predicted molar refractivity (Wildman–Crippen MR) is 123 cm³/mol. The normalized spacial score (nSPS) is 17.9. The lowest BCUT2D eigenvalue weighted by Gasteiger charge is -2.38. The standard InChI is InChI=1S/C24H31N5O2/c30-23(25-20-7-3-1-4-8-20)19-27-13-11-21(12-14-27)26-24(31)29-17-15-28(16-18-29)22-9-5-2-6-10-22/h1-10,21H,11-19H2,(H,25,30)(H,26,31). The van der Waals surface area contributed by atoms with Crippen LogP contribution in [0.15, 0.2) is 60.7 Å². The summed E-state index contributed by atoms with van der Waals surface area (Å²) in [5, 5.41) is 6.13. The fraction of sp³-hybridized carbons (Fsp3) is 0.417. The number of nitrogens with one attached hydrogen (secondary N) is 2. The van der Waals surface area contributed by atoms with E-state index < -0.39 is 0 Å². The largest absolute Gasteiger partial charge is 0.368 e. The van der Waals surface area contributed by atoms with Gasteiger partial charge in [0.1, 0.15) is 0 Å². The maximum Gasteiger partial charge on any atom is 0.317 e. The molecule has 0 bridgehead atoms. The van der Waals surface area contributed by atoms with Gasteiger partial charge in [0.15, 0.2) is 0 Å². The molecule has 2 fully saturated rings. The number of likely N-dealkylation sites (tertiary alicyclic amines) is 1. The van der Waals surface area contributed by atoms with E-state index in [2.05, 4.69) is 32.6 Å². The van der Waals surface area contributed by atoms with Gasteiger partial charge in [0.2, 0.25) is 5.91 Å². The molecule has 0 spiro atoms. The molecule has 31 heavy (non-hydrogen) atoms. The average Bonchev–Trinajstić information content (AvgIpc) is 2.81. The number of carbonyl (C=O) groups is 2. The Bertz CT molecular complexity index is 845. The van der Waals surface area contributed by atoms with Crippen molar-refractivity contribution < 1.29 is 9.59 Å². The van der Waals surface area contributed by atoms with Crippen LogP contribution in [0.1, 0.15) is 12.8 Å². The van der Waals surface area contributed by atoms with E-state index in [1.807, 2.05) is 53.4 Å². The Morgan fingerprint density at radius 3 is 2.06 bits per heavy atom. The van der Waals surface area contributed by atoms with Gasteiger partial charge in [-0.2, -0.15) is 0 Å². The van der Waals surface area contributed by atoms with Gasteiger partial charge in [-0.05, 0) is 37.1 Å². The van der Waals surface area contributed by atoms with Crippen LogP contribution in [-0.4, -0.2) is 73.6 Å². The Morgan fingerprint density at radius 2 is 1.42 bits per heavy atom. The number of anilines is 2. The van der Waals surface area contributed by atoms with Crippen molar-refractivity contribution in [3.63, 3.8) is 0 Å². The number of piperidine rings is 1. The zero-order valence-electron chi connectivity index (χ0n) is 17.9. The third-order valence-electron chi connectivity index (χ3n) is 6.03. The molecule has 3 amide bonds. The number of piperazine rings is 1. The van der Waals surface area contributed by atoms with Gasteiger partial charge in [0.25, 0.3) is 0 Å². The SMILES string of the molecule is O=C(CN1CCC(NC(=O)N2CCN(c3ccccc3)CC2)CC1)Nc1ccccc1. The van der Waals surface area contributed by atoms with E-state index in [1.54, 1.807) is 0 Å². The highest BCUT2D eigenvalue weighted by atomic mass is 16.2. The Kier molecular flexibility index (Phi) is 7.04. The smallest absolute Gasteiger partial charge is 0.317 e. The van der Waals surface area contributed by atoms with E-state index in [0.29, 0.717) is 6.54 Å². The summed E-state index contributed by atoms with van der Waals surface area (Å²) >= 11 is 0. The molecule has 2 heterocycles. The molecule has 2 saturated heterocycles. The van der Waals surface area contributed by atoms with Crippen LogP contribution in [0.25, 0.3) is 0 Å². The molecular weight excluding hydrogens is 390 g/mol. The minimum Gasteiger partial charge on any atom is -0.368 e. The van der Waals surface area contributed by atoms with Gasteiger partial charge >= 0.3 is 6.03 Å². The number of hydrogen-bond donors (Lipinski definition) is 2. The van der Waals surface area contributed by atoms with Crippen molar-refractivity contribution in [3.8, 4) is 0 Å². The zero-order valence-corrected chi connectivity index (χ0v) is 17.9. The summed E-state index contributed by atoms with van der Waals surface area (Å²) in [5.74, 6) is 0.00460. The third kappa shape index (κ3) is 5.98.